The summed E-state index contributed by atoms with van der Waals surface area (Å²) in [5.74, 6) is 0. The maximum atomic E-state index is 10.3. The van der Waals surface area contributed by atoms with Gasteiger partial charge >= 0.3 is 0 Å². The standard InChI is InChI=1S/C14H16BrNOS/c15-11-3-4-13-10(7-11)8-14(18-13)12(17)9-16-5-1-2-6-16/h3-4,7-8,12,17H,1-2,5-6,9H2. The molecule has 2 nitrogen and oxygen atoms in total. The molecule has 4 heteroatoms. The minimum absolute atomic E-state index is 0.348. The lowest BCUT2D eigenvalue weighted by Crippen LogP contribution is -2.24. The molecular weight excluding hydrogens is 310 g/mol. The molecule has 0 spiro atoms. The van der Waals surface area contributed by atoms with E-state index < -0.39 is 0 Å². The molecule has 96 valence electrons. The number of nitrogens with zero attached hydrogens (tertiary/aromatic N) is 1. The quantitative estimate of drug-likeness (QED) is 0.927. The molecule has 0 amide bonds. The van der Waals surface area contributed by atoms with E-state index in [0.29, 0.717) is 0 Å². The average molecular weight is 326 g/mol. The average Bonchev–Trinajstić information content (AvgIpc) is 2.96. The number of likely N-dealkylation sites (tertiary alicyclic amines) is 1. The third-order valence-electron chi connectivity index (χ3n) is 3.46. The van der Waals surface area contributed by atoms with Crippen molar-refractivity contribution < 1.29 is 5.11 Å². The molecule has 3 rings (SSSR count). The molecule has 1 aromatic heterocycles. The molecular formula is C14H16BrNOS. The van der Waals surface area contributed by atoms with E-state index >= 15 is 0 Å². The van der Waals surface area contributed by atoms with Crippen LogP contribution in [0.5, 0.6) is 0 Å². The van der Waals surface area contributed by atoms with Crippen molar-refractivity contribution in [2.75, 3.05) is 19.6 Å². The van der Waals surface area contributed by atoms with E-state index in [1.54, 1.807) is 11.3 Å². The fourth-order valence-corrected chi connectivity index (χ4v) is 3.90. The summed E-state index contributed by atoms with van der Waals surface area (Å²) in [6.07, 6.45) is 2.19. The lowest BCUT2D eigenvalue weighted by atomic mass is 10.2. The lowest BCUT2D eigenvalue weighted by Gasteiger charge is -2.18. The normalized spacial score (nSPS) is 18.6. The van der Waals surface area contributed by atoms with Crippen molar-refractivity contribution in [3.8, 4) is 0 Å². The predicted molar refractivity (Wildman–Crippen MR) is 80.2 cm³/mol. The van der Waals surface area contributed by atoms with E-state index in [-0.39, 0.29) is 6.10 Å². The number of β-amino-alcohol motifs (C(OH)–C–C–N with tert-alkyl or cyclic N) is 1. The minimum Gasteiger partial charge on any atom is -0.386 e. The number of benzene rings is 1. The monoisotopic (exact) mass is 325 g/mol. The third-order valence-corrected chi connectivity index (χ3v) is 5.17. The van der Waals surface area contributed by atoms with Gasteiger partial charge in [0.1, 0.15) is 6.10 Å². The van der Waals surface area contributed by atoms with Gasteiger partial charge in [-0.1, -0.05) is 15.9 Å². The molecule has 18 heavy (non-hydrogen) atoms. The van der Waals surface area contributed by atoms with Gasteiger partial charge in [-0.15, -0.1) is 11.3 Å². The van der Waals surface area contributed by atoms with Crippen LogP contribution in [0.25, 0.3) is 10.1 Å². The Morgan fingerprint density at radius 1 is 1.28 bits per heavy atom. The zero-order valence-electron chi connectivity index (χ0n) is 10.1. The molecule has 0 radical (unpaired) electrons. The SMILES string of the molecule is OC(CN1CCCC1)c1cc2cc(Br)ccc2s1. The second kappa shape index (κ2) is 5.29. The molecule has 1 aliphatic heterocycles. The van der Waals surface area contributed by atoms with Crippen LogP contribution in [-0.2, 0) is 0 Å². The van der Waals surface area contributed by atoms with Crippen molar-refractivity contribution in [1.82, 2.24) is 4.90 Å². The van der Waals surface area contributed by atoms with Crippen LogP contribution in [-0.4, -0.2) is 29.6 Å². The first kappa shape index (κ1) is 12.6. The number of hydrogen-bond acceptors (Lipinski definition) is 3. The largest absolute Gasteiger partial charge is 0.386 e. The maximum Gasteiger partial charge on any atom is 0.101 e. The topological polar surface area (TPSA) is 23.5 Å². The highest BCUT2D eigenvalue weighted by atomic mass is 79.9. The van der Waals surface area contributed by atoms with Crippen molar-refractivity contribution in [2.45, 2.75) is 18.9 Å². The van der Waals surface area contributed by atoms with Crippen LogP contribution in [0.1, 0.15) is 23.8 Å². The Labute approximate surface area is 119 Å². The molecule has 1 aliphatic rings. The first-order valence-electron chi connectivity index (χ1n) is 6.32. The minimum atomic E-state index is -0.348. The van der Waals surface area contributed by atoms with Crippen molar-refractivity contribution in [3.63, 3.8) is 0 Å². The highest BCUT2D eigenvalue weighted by molar-refractivity contribution is 9.10. The van der Waals surface area contributed by atoms with Gasteiger partial charge in [-0.25, -0.2) is 0 Å². The van der Waals surface area contributed by atoms with Crippen molar-refractivity contribution in [3.05, 3.63) is 33.6 Å². The van der Waals surface area contributed by atoms with E-state index in [4.69, 9.17) is 0 Å². The van der Waals surface area contributed by atoms with Crippen LogP contribution in [0.4, 0.5) is 0 Å². The van der Waals surface area contributed by atoms with Gasteiger partial charge in [0.15, 0.2) is 0 Å². The third kappa shape index (κ3) is 2.62. The van der Waals surface area contributed by atoms with Crippen LogP contribution in [0.2, 0.25) is 0 Å². The van der Waals surface area contributed by atoms with Gasteiger partial charge in [-0.05, 0) is 55.6 Å². The molecule has 0 bridgehead atoms. The summed E-state index contributed by atoms with van der Waals surface area (Å²) in [4.78, 5) is 3.43. The summed E-state index contributed by atoms with van der Waals surface area (Å²) in [6.45, 7) is 3.04. The molecule has 1 saturated heterocycles. The molecule has 1 unspecified atom stereocenters. The summed E-state index contributed by atoms with van der Waals surface area (Å²) in [6, 6.07) is 8.38. The fourth-order valence-electron chi connectivity index (χ4n) is 2.50. The number of thiophene rings is 1. The summed E-state index contributed by atoms with van der Waals surface area (Å²) >= 11 is 5.18. The molecule has 0 aliphatic carbocycles. The smallest absolute Gasteiger partial charge is 0.101 e. The number of aliphatic hydroxyl groups is 1. The molecule has 0 saturated carbocycles. The van der Waals surface area contributed by atoms with E-state index in [2.05, 4.69) is 45.1 Å². The number of rotatable bonds is 3. The first-order valence-corrected chi connectivity index (χ1v) is 7.93. The molecule has 2 heterocycles. The van der Waals surface area contributed by atoms with Crippen molar-refractivity contribution >= 4 is 37.4 Å². The Morgan fingerprint density at radius 3 is 2.83 bits per heavy atom. The van der Waals surface area contributed by atoms with Crippen LogP contribution in [0.3, 0.4) is 0 Å². The van der Waals surface area contributed by atoms with E-state index in [9.17, 15) is 5.11 Å². The van der Waals surface area contributed by atoms with Gasteiger partial charge in [0.2, 0.25) is 0 Å². The number of hydrogen-bond donors (Lipinski definition) is 1. The van der Waals surface area contributed by atoms with Crippen molar-refractivity contribution in [1.29, 1.82) is 0 Å². The fraction of sp³-hybridized carbons (Fsp3) is 0.429. The second-order valence-corrected chi connectivity index (χ2v) is 6.89. The van der Waals surface area contributed by atoms with Gasteiger partial charge in [-0.3, -0.25) is 0 Å². The number of halogens is 1. The van der Waals surface area contributed by atoms with Gasteiger partial charge in [0.25, 0.3) is 0 Å². The molecule has 1 atom stereocenters. The number of fused-ring (bicyclic) bond motifs is 1. The Kier molecular flexibility index (Phi) is 3.71. The predicted octanol–water partition coefficient (Wildman–Crippen LogP) is 3.79. The lowest BCUT2D eigenvalue weighted by molar-refractivity contribution is 0.129. The van der Waals surface area contributed by atoms with Gasteiger partial charge < -0.3 is 10.0 Å². The van der Waals surface area contributed by atoms with Crippen LogP contribution in [0, 0.1) is 0 Å². The zero-order valence-corrected chi connectivity index (χ0v) is 12.5. The van der Waals surface area contributed by atoms with Gasteiger partial charge in [0.05, 0.1) is 0 Å². The second-order valence-electron chi connectivity index (χ2n) is 4.85. The molecule has 1 aromatic carbocycles. The maximum absolute atomic E-state index is 10.3. The zero-order chi connectivity index (χ0) is 12.5. The van der Waals surface area contributed by atoms with Crippen LogP contribution in [0.15, 0.2) is 28.7 Å². The van der Waals surface area contributed by atoms with Gasteiger partial charge in [-0.2, -0.15) is 0 Å². The molecule has 2 aromatic rings. The Balaban J connectivity index is 1.80. The first-order chi connectivity index (χ1) is 8.72. The summed E-state index contributed by atoms with van der Waals surface area (Å²) in [5, 5.41) is 11.5. The summed E-state index contributed by atoms with van der Waals surface area (Å²) in [5.41, 5.74) is 0. The Bertz CT molecular complexity index is 548. The van der Waals surface area contributed by atoms with Crippen LogP contribution < -0.4 is 0 Å². The Hall–Kier alpha value is -0.420. The molecule has 1 N–H and O–H groups in total. The summed E-state index contributed by atoms with van der Waals surface area (Å²) in [7, 11) is 0. The highest BCUT2D eigenvalue weighted by Gasteiger charge is 2.18. The number of aliphatic hydroxyl groups excluding tert-OH is 1. The van der Waals surface area contributed by atoms with E-state index in [1.165, 1.54) is 22.9 Å². The molecule has 1 fully saturated rings. The Morgan fingerprint density at radius 2 is 2.06 bits per heavy atom. The highest BCUT2D eigenvalue weighted by Crippen LogP contribution is 2.32. The summed E-state index contributed by atoms with van der Waals surface area (Å²) < 4.78 is 2.34. The van der Waals surface area contributed by atoms with Crippen LogP contribution >= 0.6 is 27.3 Å². The van der Waals surface area contributed by atoms with E-state index in [1.807, 2.05) is 0 Å². The van der Waals surface area contributed by atoms with E-state index in [0.717, 1.165) is 29.0 Å². The van der Waals surface area contributed by atoms with Gasteiger partial charge in [0, 0.05) is 20.6 Å². The van der Waals surface area contributed by atoms with Crippen molar-refractivity contribution in [2.24, 2.45) is 0 Å².